The van der Waals surface area contributed by atoms with E-state index in [1.165, 1.54) is 6.07 Å². The van der Waals surface area contributed by atoms with Crippen LogP contribution in [0, 0.1) is 11.3 Å². The number of rotatable bonds is 3. The van der Waals surface area contributed by atoms with Crippen molar-refractivity contribution >= 4 is 40.6 Å². The van der Waals surface area contributed by atoms with Crippen molar-refractivity contribution in [3.05, 3.63) is 39.0 Å². The van der Waals surface area contributed by atoms with Gasteiger partial charge < -0.3 is 5.73 Å². The number of alkyl halides is 7. The first-order valence-electron chi connectivity index (χ1n) is 7.29. The molecule has 1 aliphatic rings. The van der Waals surface area contributed by atoms with Crippen LogP contribution in [0.25, 0.3) is 5.69 Å². The first-order chi connectivity index (χ1) is 12.8. The minimum absolute atomic E-state index is 0.388. The average molecular weight is 464 g/mol. The lowest BCUT2D eigenvalue weighted by Crippen LogP contribution is -2.26. The summed E-state index contributed by atoms with van der Waals surface area (Å²) in [7, 11) is 0. The molecular weight excluding hydrogens is 457 g/mol. The third-order valence-electron chi connectivity index (χ3n) is 4.43. The summed E-state index contributed by atoms with van der Waals surface area (Å²) >= 11 is 17.1. The second-order valence-corrected chi connectivity index (χ2v) is 7.27. The Hall–Kier alpha value is -1.83. The number of hydrogen-bond acceptors (Lipinski definition) is 3. The maximum atomic E-state index is 13.9. The molecule has 0 spiro atoms. The zero-order chi connectivity index (χ0) is 21.2. The monoisotopic (exact) mass is 462 g/mol. The average Bonchev–Trinajstić information content (AvgIpc) is 2.99. The van der Waals surface area contributed by atoms with Crippen LogP contribution in [0.3, 0.4) is 0 Å². The third-order valence-corrected chi connectivity index (χ3v) is 5.38. The van der Waals surface area contributed by atoms with Crippen LogP contribution in [0.15, 0.2) is 12.1 Å². The molecule has 1 fully saturated rings. The Morgan fingerprint density at radius 3 is 2.11 bits per heavy atom. The van der Waals surface area contributed by atoms with Crippen LogP contribution in [-0.2, 0) is 11.6 Å². The molecule has 0 saturated heterocycles. The fraction of sp³-hybridized carbons (Fsp3) is 0.333. The van der Waals surface area contributed by atoms with E-state index in [0.29, 0.717) is 16.8 Å². The van der Waals surface area contributed by atoms with Gasteiger partial charge in [-0.2, -0.15) is 23.5 Å². The summed E-state index contributed by atoms with van der Waals surface area (Å²) in [5.74, 6) is -4.24. The van der Waals surface area contributed by atoms with Gasteiger partial charge in [0.1, 0.15) is 23.0 Å². The summed E-state index contributed by atoms with van der Waals surface area (Å²) in [6.07, 6.45) is -5.78. The van der Waals surface area contributed by atoms with Crippen LogP contribution >= 0.6 is 34.8 Å². The standard InChI is InChI=1S/C15H7Cl3F6N4/c16-6-1-5(15(22,23)24)2-7(17)10(6)28-11(26)9(8(3-25)27-28)13(12(18)19)4-14(13,20)21/h1-2,12H,4,26H2. The summed E-state index contributed by atoms with van der Waals surface area (Å²) in [6.45, 7) is 0. The molecule has 150 valence electrons. The molecule has 0 amide bonds. The fourth-order valence-corrected chi connectivity index (χ4v) is 3.97. The lowest BCUT2D eigenvalue weighted by atomic mass is 9.96. The van der Waals surface area contributed by atoms with E-state index >= 15 is 0 Å². The van der Waals surface area contributed by atoms with Crippen LogP contribution in [0.4, 0.5) is 32.2 Å². The zero-order valence-electron chi connectivity index (χ0n) is 13.3. The number of nitrogens with two attached hydrogens (primary N) is 1. The molecular formula is C15H7Cl3F6N4. The topological polar surface area (TPSA) is 67.6 Å². The molecule has 13 heteroatoms. The van der Waals surface area contributed by atoms with Gasteiger partial charge in [0.15, 0.2) is 11.3 Å². The number of nitrogens with zero attached hydrogens (tertiary/aromatic N) is 3. The second-order valence-electron chi connectivity index (χ2n) is 6.07. The van der Waals surface area contributed by atoms with E-state index < -0.39 is 62.2 Å². The number of hydrogen-bond donors (Lipinski definition) is 1. The van der Waals surface area contributed by atoms with Crippen molar-refractivity contribution in [1.29, 1.82) is 5.26 Å². The number of halogens is 9. The predicted molar refractivity (Wildman–Crippen MR) is 89.7 cm³/mol. The zero-order valence-corrected chi connectivity index (χ0v) is 15.5. The van der Waals surface area contributed by atoms with Crippen LogP contribution in [-0.4, -0.2) is 21.3 Å². The van der Waals surface area contributed by atoms with Crippen molar-refractivity contribution in [2.45, 2.75) is 29.6 Å². The van der Waals surface area contributed by atoms with Gasteiger partial charge in [-0.15, -0.1) is 0 Å². The highest BCUT2D eigenvalue weighted by molar-refractivity contribution is 6.38. The molecule has 0 bridgehead atoms. The summed E-state index contributed by atoms with van der Waals surface area (Å²) in [4.78, 5) is 0. The molecule has 3 rings (SSSR count). The van der Waals surface area contributed by atoms with Gasteiger partial charge in [0.25, 0.3) is 5.92 Å². The molecule has 2 atom stereocenters. The van der Waals surface area contributed by atoms with Gasteiger partial charge in [0.2, 0.25) is 0 Å². The third kappa shape index (κ3) is 2.88. The number of anilines is 1. The van der Waals surface area contributed by atoms with Gasteiger partial charge in [-0.3, -0.25) is 0 Å². The maximum Gasteiger partial charge on any atom is 0.416 e. The van der Waals surface area contributed by atoms with Gasteiger partial charge in [0, 0.05) is 12.0 Å². The van der Waals surface area contributed by atoms with Crippen LogP contribution in [0.5, 0.6) is 0 Å². The van der Waals surface area contributed by atoms with Gasteiger partial charge in [-0.1, -0.05) is 34.8 Å². The predicted octanol–water partition coefficient (Wildman–Crippen LogP) is 5.46. The van der Waals surface area contributed by atoms with E-state index in [1.807, 2.05) is 0 Å². The van der Waals surface area contributed by atoms with Crippen LogP contribution in [0.2, 0.25) is 10.0 Å². The lowest BCUT2D eigenvalue weighted by Gasteiger charge is -2.17. The minimum atomic E-state index is -4.76. The van der Waals surface area contributed by atoms with E-state index in [4.69, 9.17) is 40.5 Å². The number of aromatic nitrogens is 2. The van der Waals surface area contributed by atoms with Gasteiger partial charge in [0.05, 0.1) is 15.6 Å². The number of nitriles is 1. The molecule has 1 aromatic heterocycles. The number of nitrogen functional groups attached to an aromatic ring is 1. The van der Waals surface area contributed by atoms with Gasteiger partial charge in [-0.25, -0.2) is 17.9 Å². The van der Waals surface area contributed by atoms with E-state index in [-0.39, 0.29) is 5.69 Å². The smallest absolute Gasteiger partial charge is 0.383 e. The first-order valence-corrected chi connectivity index (χ1v) is 8.49. The SMILES string of the molecule is N#Cc1nn(-c2c(Cl)cc(C(F)(F)F)cc2Cl)c(N)c1C1(C(F)Cl)CC1(F)F. The summed E-state index contributed by atoms with van der Waals surface area (Å²) in [5.41, 5.74) is -2.28. The minimum Gasteiger partial charge on any atom is -0.383 e. The molecule has 0 aliphatic heterocycles. The Morgan fingerprint density at radius 2 is 1.75 bits per heavy atom. The highest BCUT2D eigenvalue weighted by Crippen LogP contribution is 2.66. The number of benzene rings is 1. The molecule has 1 aliphatic carbocycles. The van der Waals surface area contributed by atoms with Crippen LogP contribution < -0.4 is 5.73 Å². The van der Waals surface area contributed by atoms with Crippen molar-refractivity contribution in [2.24, 2.45) is 0 Å². The van der Waals surface area contributed by atoms with Gasteiger partial charge >= 0.3 is 6.18 Å². The van der Waals surface area contributed by atoms with E-state index in [0.717, 1.165) is 0 Å². The van der Waals surface area contributed by atoms with Crippen molar-refractivity contribution < 1.29 is 26.3 Å². The van der Waals surface area contributed by atoms with E-state index in [1.54, 1.807) is 0 Å². The highest BCUT2D eigenvalue weighted by Gasteiger charge is 2.78. The molecule has 1 aromatic carbocycles. The van der Waals surface area contributed by atoms with Crippen molar-refractivity contribution in [3.63, 3.8) is 0 Å². The normalized spacial score (nSPS) is 22.0. The fourth-order valence-electron chi connectivity index (χ4n) is 2.97. The second kappa shape index (κ2) is 6.34. The van der Waals surface area contributed by atoms with Crippen LogP contribution in [0.1, 0.15) is 23.2 Å². The Balaban J connectivity index is 2.25. The molecule has 4 nitrogen and oxygen atoms in total. The Kier molecular flexibility index (Phi) is 4.73. The molecule has 2 aromatic rings. The largest absolute Gasteiger partial charge is 0.416 e. The Morgan fingerprint density at radius 1 is 1.25 bits per heavy atom. The molecule has 28 heavy (non-hydrogen) atoms. The van der Waals surface area contributed by atoms with Crippen molar-refractivity contribution in [1.82, 2.24) is 9.78 Å². The van der Waals surface area contributed by atoms with Crippen molar-refractivity contribution in [3.8, 4) is 11.8 Å². The molecule has 2 unspecified atom stereocenters. The maximum absolute atomic E-state index is 13.9. The van der Waals surface area contributed by atoms with E-state index in [9.17, 15) is 31.6 Å². The van der Waals surface area contributed by atoms with Gasteiger partial charge in [-0.05, 0) is 12.1 Å². The quantitative estimate of drug-likeness (QED) is 0.485. The van der Waals surface area contributed by atoms with E-state index in [2.05, 4.69) is 5.10 Å². The molecule has 0 radical (unpaired) electrons. The Labute approximate surface area is 168 Å². The summed E-state index contributed by atoms with van der Waals surface area (Å²) in [5, 5.41) is 11.8. The molecule has 1 saturated carbocycles. The lowest BCUT2D eigenvalue weighted by molar-refractivity contribution is -0.137. The molecule has 2 N–H and O–H groups in total. The highest BCUT2D eigenvalue weighted by atomic mass is 35.5. The Bertz CT molecular complexity index is 987. The first kappa shape index (κ1) is 20.9. The summed E-state index contributed by atoms with van der Waals surface area (Å²) < 4.78 is 81.0. The van der Waals surface area contributed by atoms with Crippen molar-refractivity contribution in [2.75, 3.05) is 5.73 Å². The summed E-state index contributed by atoms with van der Waals surface area (Å²) in [6, 6.07) is 2.55. The molecule has 1 heterocycles.